The zero-order valence-corrected chi connectivity index (χ0v) is 16.9. The number of anilines is 1. The van der Waals surface area contributed by atoms with Crippen LogP contribution in [0.5, 0.6) is 5.75 Å². The highest BCUT2D eigenvalue weighted by Gasteiger charge is 2.12. The number of oxazole rings is 1. The fourth-order valence-corrected chi connectivity index (χ4v) is 3.11. The van der Waals surface area contributed by atoms with E-state index in [4.69, 9.17) is 32.4 Å². The third-order valence-corrected chi connectivity index (χ3v) is 4.94. The third-order valence-electron chi connectivity index (χ3n) is 4.20. The average Bonchev–Trinajstić information content (AvgIpc) is 3.12. The van der Waals surface area contributed by atoms with Gasteiger partial charge < -0.3 is 14.5 Å². The largest absolute Gasteiger partial charge is 0.484 e. The molecule has 4 rings (SSSR count). The number of nitrogens with zero attached hydrogens (tertiary/aromatic N) is 1. The molecule has 0 aliphatic rings. The van der Waals surface area contributed by atoms with Gasteiger partial charge in [-0.25, -0.2) is 4.98 Å². The number of aromatic nitrogens is 1. The van der Waals surface area contributed by atoms with Gasteiger partial charge in [0, 0.05) is 11.3 Å². The van der Waals surface area contributed by atoms with Gasteiger partial charge >= 0.3 is 0 Å². The second-order valence-electron chi connectivity index (χ2n) is 6.48. The van der Waals surface area contributed by atoms with Crippen molar-refractivity contribution in [2.75, 3.05) is 11.9 Å². The Morgan fingerprint density at radius 3 is 2.72 bits per heavy atom. The number of ether oxygens (including phenoxy) is 1. The summed E-state index contributed by atoms with van der Waals surface area (Å²) in [5, 5.41) is 3.69. The maximum Gasteiger partial charge on any atom is 0.262 e. The molecule has 0 saturated heterocycles. The first-order chi connectivity index (χ1) is 14.0. The lowest BCUT2D eigenvalue weighted by molar-refractivity contribution is -0.118. The second kappa shape index (κ2) is 8.15. The molecule has 0 saturated carbocycles. The van der Waals surface area contributed by atoms with Crippen molar-refractivity contribution in [2.24, 2.45) is 0 Å². The molecule has 0 aliphatic heterocycles. The number of nitrogens with one attached hydrogen (secondary N) is 1. The molecule has 0 bridgehead atoms. The minimum atomic E-state index is -0.265. The summed E-state index contributed by atoms with van der Waals surface area (Å²) in [5.41, 5.74) is 3.60. The van der Waals surface area contributed by atoms with E-state index in [1.54, 1.807) is 36.4 Å². The number of carbonyl (C=O) groups is 1. The number of hydrogen-bond donors (Lipinski definition) is 1. The van der Waals surface area contributed by atoms with Crippen molar-refractivity contribution in [1.82, 2.24) is 4.98 Å². The predicted octanol–water partition coefficient (Wildman–Crippen LogP) is 6.13. The number of amides is 1. The van der Waals surface area contributed by atoms with Gasteiger partial charge in [-0.2, -0.15) is 0 Å². The van der Waals surface area contributed by atoms with Crippen LogP contribution in [0.1, 0.15) is 5.56 Å². The lowest BCUT2D eigenvalue weighted by Crippen LogP contribution is -2.20. The molecule has 146 valence electrons. The van der Waals surface area contributed by atoms with E-state index < -0.39 is 0 Å². The zero-order valence-electron chi connectivity index (χ0n) is 15.4. The highest BCUT2D eigenvalue weighted by molar-refractivity contribution is 6.42. The molecule has 0 fully saturated rings. The number of aryl methyl sites for hydroxylation is 1. The van der Waals surface area contributed by atoms with Crippen LogP contribution >= 0.6 is 23.2 Å². The van der Waals surface area contributed by atoms with Gasteiger partial charge in [-0.3, -0.25) is 4.79 Å². The molecule has 0 aliphatic carbocycles. The first-order valence-corrected chi connectivity index (χ1v) is 9.59. The van der Waals surface area contributed by atoms with E-state index in [2.05, 4.69) is 10.3 Å². The molecular formula is C22H16Cl2N2O3. The molecule has 0 radical (unpaired) electrons. The van der Waals surface area contributed by atoms with Crippen molar-refractivity contribution in [1.29, 1.82) is 0 Å². The van der Waals surface area contributed by atoms with Crippen molar-refractivity contribution in [3.05, 3.63) is 76.3 Å². The quantitative estimate of drug-likeness (QED) is 0.416. The summed E-state index contributed by atoms with van der Waals surface area (Å²) >= 11 is 12.0. The Labute approximate surface area is 177 Å². The molecular weight excluding hydrogens is 411 g/mol. The average molecular weight is 427 g/mol. The van der Waals surface area contributed by atoms with E-state index in [0.717, 1.165) is 5.56 Å². The van der Waals surface area contributed by atoms with Gasteiger partial charge in [-0.1, -0.05) is 35.3 Å². The van der Waals surface area contributed by atoms with Crippen molar-refractivity contribution in [3.8, 4) is 17.2 Å². The van der Waals surface area contributed by atoms with E-state index >= 15 is 0 Å². The molecule has 0 unspecified atom stereocenters. The smallest absolute Gasteiger partial charge is 0.262 e. The van der Waals surface area contributed by atoms with Gasteiger partial charge in [0.1, 0.15) is 11.3 Å². The van der Waals surface area contributed by atoms with E-state index in [-0.39, 0.29) is 12.5 Å². The Balaban J connectivity index is 1.47. The monoisotopic (exact) mass is 426 g/mol. The van der Waals surface area contributed by atoms with Crippen molar-refractivity contribution < 1.29 is 13.9 Å². The van der Waals surface area contributed by atoms with Gasteiger partial charge in [0.05, 0.1) is 10.0 Å². The molecule has 4 aromatic rings. The lowest BCUT2D eigenvalue weighted by atomic mass is 10.2. The molecule has 1 amide bonds. The molecule has 1 aromatic heterocycles. The normalized spacial score (nSPS) is 10.9. The highest BCUT2D eigenvalue weighted by Crippen LogP contribution is 2.30. The Morgan fingerprint density at radius 2 is 1.93 bits per heavy atom. The minimum absolute atomic E-state index is 0.0885. The minimum Gasteiger partial charge on any atom is -0.484 e. The van der Waals surface area contributed by atoms with Crippen LogP contribution in [0, 0.1) is 6.92 Å². The molecule has 1 heterocycles. The van der Waals surface area contributed by atoms with Crippen LogP contribution in [-0.4, -0.2) is 17.5 Å². The number of rotatable bonds is 5. The van der Waals surface area contributed by atoms with Gasteiger partial charge in [0.25, 0.3) is 5.91 Å². The van der Waals surface area contributed by atoms with Crippen LogP contribution in [0.4, 0.5) is 5.69 Å². The summed E-state index contributed by atoms with van der Waals surface area (Å²) in [4.78, 5) is 16.7. The summed E-state index contributed by atoms with van der Waals surface area (Å²) in [6, 6.07) is 17.9. The molecule has 0 spiro atoms. The topological polar surface area (TPSA) is 64.4 Å². The van der Waals surface area contributed by atoms with Gasteiger partial charge in [0.15, 0.2) is 12.2 Å². The van der Waals surface area contributed by atoms with E-state index in [0.29, 0.717) is 44.0 Å². The van der Waals surface area contributed by atoms with Gasteiger partial charge in [0.2, 0.25) is 5.89 Å². The van der Waals surface area contributed by atoms with Crippen LogP contribution in [0.2, 0.25) is 10.0 Å². The van der Waals surface area contributed by atoms with Crippen LogP contribution in [-0.2, 0) is 4.79 Å². The number of benzene rings is 3. The summed E-state index contributed by atoms with van der Waals surface area (Å²) in [7, 11) is 0. The number of carbonyl (C=O) groups excluding carboxylic acids is 1. The zero-order chi connectivity index (χ0) is 20.4. The Kier molecular flexibility index (Phi) is 5.43. The fraction of sp³-hybridized carbons (Fsp3) is 0.0909. The maximum atomic E-state index is 12.2. The van der Waals surface area contributed by atoms with Crippen molar-refractivity contribution in [2.45, 2.75) is 6.92 Å². The summed E-state index contributed by atoms with van der Waals surface area (Å²) in [6.07, 6.45) is 0. The van der Waals surface area contributed by atoms with Crippen LogP contribution < -0.4 is 10.1 Å². The molecule has 0 atom stereocenters. The van der Waals surface area contributed by atoms with E-state index in [1.807, 2.05) is 31.2 Å². The summed E-state index contributed by atoms with van der Waals surface area (Å²) in [5.74, 6) is 0.808. The molecule has 5 nitrogen and oxygen atoms in total. The fourth-order valence-electron chi connectivity index (χ4n) is 2.81. The maximum absolute atomic E-state index is 12.2. The number of fused-ring (bicyclic) bond motifs is 1. The summed E-state index contributed by atoms with van der Waals surface area (Å²) < 4.78 is 11.3. The molecule has 29 heavy (non-hydrogen) atoms. The van der Waals surface area contributed by atoms with Crippen LogP contribution in [0.3, 0.4) is 0 Å². The lowest BCUT2D eigenvalue weighted by Gasteiger charge is -2.08. The van der Waals surface area contributed by atoms with Gasteiger partial charge in [-0.15, -0.1) is 0 Å². The Bertz CT molecular complexity index is 1200. The second-order valence-corrected chi connectivity index (χ2v) is 7.30. The van der Waals surface area contributed by atoms with Crippen molar-refractivity contribution in [3.63, 3.8) is 0 Å². The SMILES string of the molecule is Cc1cccc(OCC(=O)Nc2ccc3oc(-c4ccc(Cl)c(Cl)c4)nc3c2)c1. The first kappa shape index (κ1) is 19.3. The van der Waals surface area contributed by atoms with E-state index in [1.165, 1.54) is 0 Å². The number of hydrogen-bond acceptors (Lipinski definition) is 4. The highest BCUT2D eigenvalue weighted by atomic mass is 35.5. The van der Waals surface area contributed by atoms with Gasteiger partial charge in [-0.05, 0) is 61.0 Å². The van der Waals surface area contributed by atoms with E-state index in [9.17, 15) is 4.79 Å². The predicted molar refractivity (Wildman–Crippen MR) is 115 cm³/mol. The molecule has 3 aromatic carbocycles. The Morgan fingerprint density at radius 1 is 1.07 bits per heavy atom. The first-order valence-electron chi connectivity index (χ1n) is 8.83. The van der Waals surface area contributed by atoms with Crippen LogP contribution in [0.15, 0.2) is 65.1 Å². The van der Waals surface area contributed by atoms with Crippen LogP contribution in [0.25, 0.3) is 22.6 Å². The standard InChI is InChI=1S/C22H16Cl2N2O3/c1-13-3-2-4-16(9-13)28-12-21(27)25-15-6-8-20-19(11-15)26-22(29-20)14-5-7-17(23)18(24)10-14/h2-11H,12H2,1H3,(H,25,27). The Hall–Kier alpha value is -3.02. The molecule has 1 N–H and O–H groups in total. The third kappa shape index (κ3) is 4.53. The van der Waals surface area contributed by atoms with Crippen molar-refractivity contribution >= 4 is 45.9 Å². The number of halogens is 2. The molecule has 7 heteroatoms. The summed E-state index contributed by atoms with van der Waals surface area (Å²) in [6.45, 7) is 1.88.